The monoisotopic (exact) mass is 287 g/mol. The molecular formula is C15H17N3O3. The molecule has 0 aliphatic carbocycles. The topological polar surface area (TPSA) is 93.4 Å². The minimum Gasteiger partial charge on any atom is -0.481 e. The Bertz CT molecular complexity index is 563. The first-order valence-electron chi connectivity index (χ1n) is 6.85. The van der Waals surface area contributed by atoms with E-state index in [0.717, 1.165) is 5.56 Å². The molecule has 1 atom stereocenters. The van der Waals surface area contributed by atoms with Crippen molar-refractivity contribution in [2.75, 3.05) is 13.1 Å². The molecule has 6 nitrogen and oxygen atoms in total. The van der Waals surface area contributed by atoms with Crippen LogP contribution in [0.5, 0.6) is 0 Å². The number of carboxylic acids is 1. The number of amides is 2. The summed E-state index contributed by atoms with van der Waals surface area (Å²) in [6.45, 7) is 1.20. The molecule has 0 saturated carbocycles. The van der Waals surface area contributed by atoms with Crippen molar-refractivity contribution >= 4 is 12.0 Å². The third kappa shape index (κ3) is 3.96. The molecule has 2 rings (SSSR count). The highest BCUT2D eigenvalue weighted by atomic mass is 16.4. The normalized spacial score (nSPS) is 17.9. The Kier molecular flexibility index (Phi) is 4.77. The lowest BCUT2D eigenvalue weighted by molar-refractivity contribution is -0.143. The predicted molar refractivity (Wildman–Crippen MR) is 75.3 cm³/mol. The maximum atomic E-state index is 12.0. The molecule has 0 bridgehead atoms. The standard InChI is InChI=1S/C15H17N3O3/c16-8-11-3-5-12(6-4-11)9-17-15(21)18-7-1-2-13(10-18)14(19)20/h3-6,13H,1-2,7,9-10H2,(H,17,21)(H,19,20)/t13-/m1/s1. The summed E-state index contributed by atoms with van der Waals surface area (Å²) in [5.41, 5.74) is 1.47. The fourth-order valence-corrected chi connectivity index (χ4v) is 2.35. The van der Waals surface area contributed by atoms with Crippen molar-refractivity contribution in [1.82, 2.24) is 10.2 Å². The van der Waals surface area contributed by atoms with Crippen molar-refractivity contribution in [3.63, 3.8) is 0 Å². The van der Waals surface area contributed by atoms with E-state index >= 15 is 0 Å². The summed E-state index contributed by atoms with van der Waals surface area (Å²) >= 11 is 0. The van der Waals surface area contributed by atoms with Crippen LogP contribution in [0.3, 0.4) is 0 Å². The lowest BCUT2D eigenvalue weighted by atomic mass is 9.99. The molecule has 0 unspecified atom stereocenters. The van der Waals surface area contributed by atoms with Crippen molar-refractivity contribution in [3.05, 3.63) is 35.4 Å². The van der Waals surface area contributed by atoms with Crippen LogP contribution in [0.15, 0.2) is 24.3 Å². The number of hydrogen-bond acceptors (Lipinski definition) is 3. The smallest absolute Gasteiger partial charge is 0.317 e. The number of carbonyl (C=O) groups is 2. The van der Waals surface area contributed by atoms with Crippen LogP contribution in [0, 0.1) is 17.2 Å². The summed E-state index contributed by atoms with van der Waals surface area (Å²) in [6.07, 6.45) is 1.33. The van der Waals surface area contributed by atoms with E-state index in [-0.39, 0.29) is 12.6 Å². The Morgan fingerprint density at radius 2 is 2.10 bits per heavy atom. The summed E-state index contributed by atoms with van der Waals surface area (Å²) in [5.74, 6) is -1.32. The van der Waals surface area contributed by atoms with Crippen LogP contribution in [0.2, 0.25) is 0 Å². The second-order valence-electron chi connectivity index (χ2n) is 5.09. The number of likely N-dealkylation sites (tertiary alicyclic amines) is 1. The van der Waals surface area contributed by atoms with Crippen LogP contribution in [-0.4, -0.2) is 35.1 Å². The van der Waals surface area contributed by atoms with Crippen LogP contribution in [0.25, 0.3) is 0 Å². The first kappa shape index (κ1) is 14.9. The molecule has 1 aromatic carbocycles. The molecule has 2 amide bonds. The Hall–Kier alpha value is -2.55. The summed E-state index contributed by atoms with van der Waals surface area (Å²) in [7, 11) is 0. The minimum absolute atomic E-state index is 0.245. The van der Waals surface area contributed by atoms with Crippen molar-refractivity contribution < 1.29 is 14.7 Å². The summed E-state index contributed by atoms with van der Waals surface area (Å²) in [6, 6.07) is 8.76. The molecule has 0 radical (unpaired) electrons. The van der Waals surface area contributed by atoms with Crippen LogP contribution >= 0.6 is 0 Å². The molecule has 1 aliphatic rings. The quantitative estimate of drug-likeness (QED) is 0.882. The first-order valence-corrected chi connectivity index (χ1v) is 6.85. The zero-order chi connectivity index (χ0) is 15.2. The van der Waals surface area contributed by atoms with Crippen LogP contribution in [0.4, 0.5) is 4.79 Å². The minimum atomic E-state index is -0.848. The predicted octanol–water partition coefficient (Wildman–Crippen LogP) is 1.56. The number of carbonyl (C=O) groups excluding carboxylic acids is 1. The highest BCUT2D eigenvalue weighted by Crippen LogP contribution is 2.16. The number of aliphatic carboxylic acids is 1. The number of urea groups is 1. The van der Waals surface area contributed by atoms with Gasteiger partial charge >= 0.3 is 12.0 Å². The summed E-state index contributed by atoms with van der Waals surface area (Å²) in [4.78, 5) is 24.6. The highest BCUT2D eigenvalue weighted by Gasteiger charge is 2.27. The lowest BCUT2D eigenvalue weighted by Gasteiger charge is -2.30. The number of piperidine rings is 1. The van der Waals surface area contributed by atoms with Gasteiger partial charge in [0.15, 0.2) is 0 Å². The van der Waals surface area contributed by atoms with Crippen molar-refractivity contribution in [3.8, 4) is 6.07 Å². The fraction of sp³-hybridized carbons (Fsp3) is 0.400. The van der Waals surface area contributed by atoms with E-state index in [2.05, 4.69) is 5.32 Å². The van der Waals surface area contributed by atoms with Gasteiger partial charge in [0.1, 0.15) is 0 Å². The largest absolute Gasteiger partial charge is 0.481 e. The van der Waals surface area contributed by atoms with Gasteiger partial charge in [-0.3, -0.25) is 4.79 Å². The molecule has 1 aliphatic heterocycles. The number of carboxylic acid groups (broad SMARTS) is 1. The summed E-state index contributed by atoms with van der Waals surface area (Å²) in [5, 5.41) is 20.5. The van der Waals surface area contributed by atoms with Gasteiger partial charge in [-0.2, -0.15) is 5.26 Å². The van der Waals surface area contributed by atoms with E-state index < -0.39 is 11.9 Å². The second-order valence-corrected chi connectivity index (χ2v) is 5.09. The zero-order valence-corrected chi connectivity index (χ0v) is 11.6. The molecule has 0 aromatic heterocycles. The number of nitriles is 1. The van der Waals surface area contributed by atoms with E-state index in [1.807, 2.05) is 6.07 Å². The van der Waals surface area contributed by atoms with Gasteiger partial charge in [-0.15, -0.1) is 0 Å². The average molecular weight is 287 g/mol. The van der Waals surface area contributed by atoms with Gasteiger partial charge in [-0.1, -0.05) is 12.1 Å². The number of nitrogens with one attached hydrogen (secondary N) is 1. The Morgan fingerprint density at radius 3 is 2.71 bits per heavy atom. The molecule has 1 heterocycles. The van der Waals surface area contributed by atoms with E-state index in [0.29, 0.717) is 31.5 Å². The number of benzene rings is 1. The third-order valence-electron chi connectivity index (χ3n) is 3.58. The molecule has 110 valence electrons. The van der Waals surface area contributed by atoms with Crippen molar-refractivity contribution in [2.45, 2.75) is 19.4 Å². The lowest BCUT2D eigenvalue weighted by Crippen LogP contribution is -2.46. The molecule has 1 fully saturated rings. The van der Waals surface area contributed by atoms with Crippen LogP contribution < -0.4 is 5.32 Å². The Balaban J connectivity index is 1.86. The average Bonchev–Trinajstić information content (AvgIpc) is 2.53. The Labute approximate surface area is 123 Å². The third-order valence-corrected chi connectivity index (χ3v) is 3.58. The van der Waals surface area contributed by atoms with Gasteiger partial charge in [0.05, 0.1) is 17.6 Å². The summed E-state index contributed by atoms with van der Waals surface area (Å²) < 4.78 is 0. The van der Waals surface area contributed by atoms with Gasteiger partial charge in [-0.25, -0.2) is 4.79 Å². The van der Waals surface area contributed by atoms with Crippen LogP contribution in [0.1, 0.15) is 24.0 Å². The Morgan fingerprint density at radius 1 is 1.38 bits per heavy atom. The van der Waals surface area contributed by atoms with E-state index in [1.165, 1.54) is 0 Å². The molecule has 2 N–H and O–H groups in total. The zero-order valence-electron chi connectivity index (χ0n) is 11.6. The second kappa shape index (κ2) is 6.75. The maximum absolute atomic E-state index is 12.0. The van der Waals surface area contributed by atoms with E-state index in [1.54, 1.807) is 29.2 Å². The van der Waals surface area contributed by atoms with Gasteiger partial charge in [0, 0.05) is 19.6 Å². The number of rotatable bonds is 3. The van der Waals surface area contributed by atoms with Gasteiger partial charge < -0.3 is 15.3 Å². The number of nitrogens with zero attached hydrogens (tertiary/aromatic N) is 2. The molecule has 6 heteroatoms. The number of hydrogen-bond donors (Lipinski definition) is 2. The van der Waals surface area contributed by atoms with E-state index in [9.17, 15) is 9.59 Å². The SMILES string of the molecule is N#Cc1ccc(CNC(=O)N2CCC[C@@H](C(=O)O)C2)cc1. The molecule has 1 aromatic rings. The first-order chi connectivity index (χ1) is 10.1. The van der Waals surface area contributed by atoms with Gasteiger partial charge in [0.25, 0.3) is 0 Å². The van der Waals surface area contributed by atoms with Crippen molar-refractivity contribution in [1.29, 1.82) is 5.26 Å². The maximum Gasteiger partial charge on any atom is 0.317 e. The van der Waals surface area contributed by atoms with Crippen molar-refractivity contribution in [2.24, 2.45) is 5.92 Å². The highest BCUT2D eigenvalue weighted by molar-refractivity contribution is 5.76. The fourth-order valence-electron chi connectivity index (χ4n) is 2.35. The van der Waals surface area contributed by atoms with Crippen LogP contribution in [-0.2, 0) is 11.3 Å². The van der Waals surface area contributed by atoms with Gasteiger partial charge in [0.2, 0.25) is 0 Å². The van der Waals surface area contributed by atoms with Gasteiger partial charge in [-0.05, 0) is 30.5 Å². The molecular weight excluding hydrogens is 270 g/mol. The van der Waals surface area contributed by atoms with E-state index in [4.69, 9.17) is 10.4 Å². The molecule has 21 heavy (non-hydrogen) atoms. The molecule has 1 saturated heterocycles. The molecule has 0 spiro atoms.